The van der Waals surface area contributed by atoms with Gasteiger partial charge in [0.15, 0.2) is 4.77 Å². The Bertz CT molecular complexity index is 646. The molecule has 0 aliphatic carbocycles. The fourth-order valence-corrected chi connectivity index (χ4v) is 1.85. The van der Waals surface area contributed by atoms with E-state index in [-0.39, 0.29) is 5.56 Å². The summed E-state index contributed by atoms with van der Waals surface area (Å²) >= 11 is 4.85. The molecule has 2 aromatic rings. The number of benzene rings is 1. The third-order valence-electron chi connectivity index (χ3n) is 2.50. The van der Waals surface area contributed by atoms with E-state index in [1.165, 1.54) is 0 Å². The summed E-state index contributed by atoms with van der Waals surface area (Å²) in [4.78, 5) is 17.1. The van der Waals surface area contributed by atoms with Crippen molar-refractivity contribution in [2.45, 2.75) is 13.3 Å². The maximum absolute atomic E-state index is 11.7. The van der Waals surface area contributed by atoms with Crippen LogP contribution in [0.5, 0.6) is 5.75 Å². The van der Waals surface area contributed by atoms with Crippen LogP contribution in [-0.4, -0.2) is 16.6 Å². The molecule has 2 N–H and O–H groups in total. The van der Waals surface area contributed by atoms with E-state index in [2.05, 4.69) is 9.97 Å². The molecule has 94 valence electrons. The number of hydrogen-bond donors (Lipinski definition) is 2. The molecule has 1 heterocycles. The molecule has 0 radical (unpaired) electrons. The maximum Gasteiger partial charge on any atom is 0.255 e. The number of ether oxygens (including phenoxy) is 1. The SMILES string of the molecule is CCOc1cccc(Cc2c[nH]c(=S)[nH]c2=O)c1. The first-order valence-electron chi connectivity index (χ1n) is 5.71. The molecule has 1 aromatic heterocycles. The van der Waals surface area contributed by atoms with Crippen molar-refractivity contribution in [3.63, 3.8) is 0 Å². The molecule has 5 heteroatoms. The summed E-state index contributed by atoms with van der Waals surface area (Å²) in [6.07, 6.45) is 2.19. The Hall–Kier alpha value is -1.88. The van der Waals surface area contributed by atoms with Crippen molar-refractivity contribution in [1.29, 1.82) is 0 Å². The van der Waals surface area contributed by atoms with Gasteiger partial charge in [0.1, 0.15) is 5.75 Å². The molecular weight excluding hydrogens is 248 g/mol. The van der Waals surface area contributed by atoms with E-state index in [0.29, 0.717) is 23.4 Å². The Balaban J connectivity index is 2.25. The zero-order valence-electron chi connectivity index (χ0n) is 10.0. The molecule has 0 aliphatic heterocycles. The lowest BCUT2D eigenvalue weighted by Gasteiger charge is -2.05. The maximum atomic E-state index is 11.7. The molecule has 0 unspecified atom stereocenters. The van der Waals surface area contributed by atoms with Gasteiger partial charge in [-0.3, -0.25) is 9.78 Å². The van der Waals surface area contributed by atoms with Gasteiger partial charge in [-0.05, 0) is 36.8 Å². The minimum absolute atomic E-state index is 0.152. The van der Waals surface area contributed by atoms with E-state index in [1.807, 2.05) is 31.2 Å². The zero-order chi connectivity index (χ0) is 13.0. The lowest BCUT2D eigenvalue weighted by molar-refractivity contribution is 0.340. The fraction of sp³-hybridized carbons (Fsp3) is 0.231. The van der Waals surface area contributed by atoms with Crippen molar-refractivity contribution >= 4 is 12.2 Å². The van der Waals surface area contributed by atoms with Crippen LogP contribution in [-0.2, 0) is 6.42 Å². The minimum Gasteiger partial charge on any atom is -0.494 e. The molecule has 4 nitrogen and oxygen atoms in total. The van der Waals surface area contributed by atoms with Crippen molar-refractivity contribution in [2.75, 3.05) is 6.61 Å². The second-order valence-corrected chi connectivity index (χ2v) is 4.26. The number of H-pyrrole nitrogens is 2. The van der Waals surface area contributed by atoms with E-state index in [0.717, 1.165) is 11.3 Å². The van der Waals surface area contributed by atoms with Gasteiger partial charge in [0, 0.05) is 18.2 Å². The highest BCUT2D eigenvalue weighted by Crippen LogP contribution is 2.15. The summed E-state index contributed by atoms with van der Waals surface area (Å²) in [5.41, 5.74) is 1.52. The van der Waals surface area contributed by atoms with Crippen LogP contribution in [0.1, 0.15) is 18.1 Å². The van der Waals surface area contributed by atoms with Crippen LogP contribution in [0.2, 0.25) is 0 Å². The van der Waals surface area contributed by atoms with Gasteiger partial charge < -0.3 is 9.72 Å². The van der Waals surface area contributed by atoms with Crippen LogP contribution in [0.15, 0.2) is 35.3 Å². The quantitative estimate of drug-likeness (QED) is 0.832. The summed E-state index contributed by atoms with van der Waals surface area (Å²) < 4.78 is 5.76. The number of aromatic nitrogens is 2. The summed E-state index contributed by atoms with van der Waals surface area (Å²) in [6.45, 7) is 2.57. The second kappa shape index (κ2) is 5.64. The normalized spacial score (nSPS) is 10.3. The van der Waals surface area contributed by atoms with Crippen LogP contribution in [0.4, 0.5) is 0 Å². The second-order valence-electron chi connectivity index (χ2n) is 3.85. The van der Waals surface area contributed by atoms with Crippen LogP contribution >= 0.6 is 12.2 Å². The lowest BCUT2D eigenvalue weighted by atomic mass is 10.1. The number of nitrogens with one attached hydrogen (secondary N) is 2. The van der Waals surface area contributed by atoms with Crippen LogP contribution in [0.3, 0.4) is 0 Å². The van der Waals surface area contributed by atoms with E-state index < -0.39 is 0 Å². The third-order valence-corrected chi connectivity index (χ3v) is 2.72. The lowest BCUT2D eigenvalue weighted by Crippen LogP contribution is -2.13. The summed E-state index contributed by atoms with van der Waals surface area (Å²) in [6, 6.07) is 7.71. The fourth-order valence-electron chi connectivity index (χ4n) is 1.70. The molecular formula is C13H14N2O2S. The van der Waals surface area contributed by atoms with Gasteiger partial charge in [-0.15, -0.1) is 0 Å². The third kappa shape index (κ3) is 3.07. The number of hydrogen-bond acceptors (Lipinski definition) is 3. The van der Waals surface area contributed by atoms with Crippen molar-refractivity contribution in [3.05, 3.63) is 56.7 Å². The standard InChI is InChI=1S/C13H14N2O2S/c1-2-17-11-5-3-4-9(7-11)6-10-8-14-13(18)15-12(10)16/h3-5,7-8H,2,6H2,1H3,(H2,14,15,16,18). The highest BCUT2D eigenvalue weighted by molar-refractivity contribution is 7.71. The monoisotopic (exact) mass is 262 g/mol. The Labute approximate surface area is 110 Å². The average Bonchev–Trinajstić information content (AvgIpc) is 2.34. The molecule has 0 saturated heterocycles. The Morgan fingerprint density at radius 1 is 1.39 bits per heavy atom. The van der Waals surface area contributed by atoms with Gasteiger partial charge >= 0.3 is 0 Å². The van der Waals surface area contributed by atoms with Gasteiger partial charge in [-0.1, -0.05) is 12.1 Å². The molecule has 0 aliphatic rings. The first-order valence-corrected chi connectivity index (χ1v) is 6.12. The van der Waals surface area contributed by atoms with E-state index in [9.17, 15) is 4.79 Å². The van der Waals surface area contributed by atoms with Gasteiger partial charge in [0.05, 0.1) is 6.61 Å². The predicted octanol–water partition coefficient (Wildman–Crippen LogP) is 2.42. The first-order chi connectivity index (χ1) is 8.69. The molecule has 0 amide bonds. The highest BCUT2D eigenvalue weighted by Gasteiger charge is 2.02. The number of rotatable bonds is 4. The molecule has 0 saturated carbocycles. The molecule has 0 spiro atoms. The zero-order valence-corrected chi connectivity index (χ0v) is 10.8. The Morgan fingerprint density at radius 3 is 2.94 bits per heavy atom. The summed E-state index contributed by atoms with van der Waals surface area (Å²) in [5, 5.41) is 0. The molecule has 1 aromatic carbocycles. The van der Waals surface area contributed by atoms with Crippen molar-refractivity contribution in [1.82, 2.24) is 9.97 Å². The van der Waals surface area contributed by atoms with Crippen molar-refractivity contribution in [2.24, 2.45) is 0 Å². The van der Waals surface area contributed by atoms with Crippen molar-refractivity contribution in [3.8, 4) is 5.75 Å². The molecule has 2 rings (SSSR count). The van der Waals surface area contributed by atoms with Crippen LogP contribution < -0.4 is 10.3 Å². The Kier molecular flexibility index (Phi) is 3.94. The summed E-state index contributed by atoms with van der Waals surface area (Å²) in [7, 11) is 0. The van der Waals surface area contributed by atoms with Crippen LogP contribution in [0.25, 0.3) is 0 Å². The Morgan fingerprint density at radius 2 is 2.22 bits per heavy atom. The largest absolute Gasteiger partial charge is 0.494 e. The van der Waals surface area contributed by atoms with Gasteiger partial charge in [0.2, 0.25) is 0 Å². The topological polar surface area (TPSA) is 57.9 Å². The van der Waals surface area contributed by atoms with Gasteiger partial charge in [-0.25, -0.2) is 0 Å². The predicted molar refractivity (Wildman–Crippen MR) is 72.7 cm³/mol. The van der Waals surface area contributed by atoms with E-state index in [1.54, 1.807) is 6.20 Å². The molecule has 0 fully saturated rings. The minimum atomic E-state index is -0.152. The van der Waals surface area contributed by atoms with Crippen LogP contribution in [0, 0.1) is 4.77 Å². The van der Waals surface area contributed by atoms with E-state index >= 15 is 0 Å². The summed E-state index contributed by atoms with van der Waals surface area (Å²) in [5.74, 6) is 0.815. The first kappa shape index (κ1) is 12.6. The molecule has 0 atom stereocenters. The average molecular weight is 262 g/mol. The van der Waals surface area contributed by atoms with Gasteiger partial charge in [0.25, 0.3) is 5.56 Å². The number of aromatic amines is 2. The highest BCUT2D eigenvalue weighted by atomic mass is 32.1. The smallest absolute Gasteiger partial charge is 0.255 e. The molecule has 0 bridgehead atoms. The van der Waals surface area contributed by atoms with Crippen molar-refractivity contribution < 1.29 is 4.74 Å². The molecule has 18 heavy (non-hydrogen) atoms. The van der Waals surface area contributed by atoms with Gasteiger partial charge in [-0.2, -0.15) is 0 Å². The van der Waals surface area contributed by atoms with E-state index in [4.69, 9.17) is 17.0 Å².